The van der Waals surface area contributed by atoms with E-state index < -0.39 is 0 Å². The molecule has 20 heavy (non-hydrogen) atoms. The minimum atomic E-state index is -0.197. The molecule has 0 aromatic carbocycles. The lowest BCUT2D eigenvalue weighted by atomic mass is 10.1. The summed E-state index contributed by atoms with van der Waals surface area (Å²) in [6.07, 6.45) is 13.6. The van der Waals surface area contributed by atoms with E-state index in [2.05, 4.69) is 21.0 Å². The van der Waals surface area contributed by atoms with Crippen molar-refractivity contribution in [1.82, 2.24) is 0 Å². The first-order chi connectivity index (χ1) is 8.98. The summed E-state index contributed by atoms with van der Waals surface area (Å²) in [5, 5.41) is 0. The number of amides is 1. The van der Waals surface area contributed by atoms with E-state index in [0.717, 1.165) is 11.0 Å². The van der Waals surface area contributed by atoms with Crippen LogP contribution in [-0.4, -0.2) is 37.6 Å². The van der Waals surface area contributed by atoms with Gasteiger partial charge in [-0.15, -0.1) is 0 Å². The molecule has 1 amide bonds. The minimum absolute atomic E-state index is 0. The number of likely N-dealkylation sites (N-methyl/N-ethyl adjacent to an activating group) is 1. The fourth-order valence-electron chi connectivity index (χ4n) is 2.53. The number of nitrogens with zero attached hydrogens (tertiary/aromatic N) is 1. The van der Waals surface area contributed by atoms with Crippen LogP contribution in [0, 0.1) is 0 Å². The molecular formula is C16H35ClN2O. The second-order valence-corrected chi connectivity index (χ2v) is 6.47. The van der Waals surface area contributed by atoms with Gasteiger partial charge >= 0.3 is 0 Å². The Morgan fingerprint density at radius 3 is 1.65 bits per heavy atom. The van der Waals surface area contributed by atoms with Gasteiger partial charge in [0.15, 0.2) is 6.54 Å². The van der Waals surface area contributed by atoms with Crippen LogP contribution in [0.3, 0.4) is 0 Å². The van der Waals surface area contributed by atoms with Crippen molar-refractivity contribution in [2.45, 2.75) is 71.1 Å². The molecule has 0 fully saturated rings. The Kier molecular flexibility index (Phi) is 15.1. The van der Waals surface area contributed by atoms with Crippen molar-refractivity contribution in [3.05, 3.63) is 0 Å². The van der Waals surface area contributed by atoms with Crippen molar-refractivity contribution < 1.29 is 21.7 Å². The topological polar surface area (TPSA) is 43.1 Å². The lowest BCUT2D eigenvalue weighted by Crippen LogP contribution is -3.00. The van der Waals surface area contributed by atoms with Gasteiger partial charge in [-0.25, -0.2) is 0 Å². The third kappa shape index (κ3) is 15.8. The number of quaternary nitrogens is 1. The van der Waals surface area contributed by atoms with E-state index in [1.807, 2.05) is 0 Å². The van der Waals surface area contributed by atoms with Gasteiger partial charge in [-0.3, -0.25) is 4.79 Å². The number of rotatable bonds is 13. The molecule has 3 nitrogen and oxygen atoms in total. The molecule has 0 saturated carbocycles. The Morgan fingerprint density at radius 1 is 0.850 bits per heavy atom. The van der Waals surface area contributed by atoms with E-state index in [4.69, 9.17) is 5.73 Å². The maximum absolute atomic E-state index is 10.9. The molecule has 0 rings (SSSR count). The van der Waals surface area contributed by atoms with Gasteiger partial charge in [0.25, 0.3) is 5.91 Å². The summed E-state index contributed by atoms with van der Waals surface area (Å²) in [5.41, 5.74) is 5.24. The van der Waals surface area contributed by atoms with E-state index in [0.29, 0.717) is 6.54 Å². The molecule has 0 aliphatic rings. The smallest absolute Gasteiger partial charge is 0.272 e. The molecule has 0 unspecified atom stereocenters. The van der Waals surface area contributed by atoms with Gasteiger partial charge < -0.3 is 22.6 Å². The molecule has 0 radical (unpaired) electrons. The molecule has 0 spiro atoms. The Labute approximate surface area is 132 Å². The molecule has 0 aromatic heterocycles. The summed E-state index contributed by atoms with van der Waals surface area (Å²) >= 11 is 0. The first-order valence-corrected chi connectivity index (χ1v) is 8.08. The number of nitrogens with two attached hydrogens (primary N) is 1. The van der Waals surface area contributed by atoms with Gasteiger partial charge in [-0.1, -0.05) is 58.3 Å². The largest absolute Gasteiger partial charge is 1.00 e. The first kappa shape index (κ1) is 22.0. The second kappa shape index (κ2) is 13.7. The zero-order chi connectivity index (χ0) is 14.6. The van der Waals surface area contributed by atoms with Crippen molar-refractivity contribution in [2.75, 3.05) is 27.2 Å². The standard InChI is InChI=1S/C16H34N2O.ClH/c1-4-5-6-7-8-9-10-11-12-13-14-18(2,3)15-16(17)19;/h4-15H2,1-3H3,(H-,17,19);1H. The number of carbonyl (C=O) groups excluding carboxylic acids is 1. The average Bonchev–Trinajstić information content (AvgIpc) is 2.30. The van der Waals surface area contributed by atoms with Crippen molar-refractivity contribution >= 4 is 5.91 Å². The quantitative estimate of drug-likeness (QED) is 0.390. The maximum atomic E-state index is 10.9. The van der Waals surface area contributed by atoms with Crippen LogP contribution in [0.1, 0.15) is 71.1 Å². The van der Waals surface area contributed by atoms with Gasteiger partial charge in [-0.2, -0.15) is 0 Å². The van der Waals surface area contributed by atoms with Crippen LogP contribution in [0.2, 0.25) is 0 Å². The van der Waals surface area contributed by atoms with Crippen LogP contribution in [0.15, 0.2) is 0 Å². The van der Waals surface area contributed by atoms with Crippen LogP contribution < -0.4 is 18.1 Å². The molecule has 0 saturated heterocycles. The molecule has 0 aromatic rings. The normalized spacial score (nSPS) is 11.2. The van der Waals surface area contributed by atoms with Crippen LogP contribution >= 0.6 is 0 Å². The van der Waals surface area contributed by atoms with Crippen LogP contribution in [0.4, 0.5) is 0 Å². The number of primary amides is 1. The van der Waals surface area contributed by atoms with E-state index in [9.17, 15) is 4.79 Å². The third-order valence-electron chi connectivity index (χ3n) is 3.70. The van der Waals surface area contributed by atoms with Gasteiger partial charge in [-0.05, 0) is 12.8 Å². The molecule has 0 atom stereocenters. The Balaban J connectivity index is 0. The van der Waals surface area contributed by atoms with E-state index >= 15 is 0 Å². The summed E-state index contributed by atoms with van der Waals surface area (Å²) in [6.45, 7) is 3.77. The predicted octanol–water partition coefficient (Wildman–Crippen LogP) is 0.473. The summed E-state index contributed by atoms with van der Waals surface area (Å²) in [5.74, 6) is -0.197. The summed E-state index contributed by atoms with van der Waals surface area (Å²) in [4.78, 5) is 10.9. The SMILES string of the molecule is CCCCCCCCCCCC[N+](C)(C)CC(N)=O.[Cl-]. The predicted molar refractivity (Wildman–Crippen MR) is 82.9 cm³/mol. The lowest BCUT2D eigenvalue weighted by molar-refractivity contribution is -0.882. The molecular weight excluding hydrogens is 272 g/mol. The third-order valence-corrected chi connectivity index (χ3v) is 3.70. The Bertz CT molecular complexity index is 233. The molecule has 0 aliphatic heterocycles. The molecule has 0 heterocycles. The molecule has 2 N–H and O–H groups in total. The summed E-state index contributed by atoms with van der Waals surface area (Å²) in [7, 11) is 4.16. The highest BCUT2D eigenvalue weighted by Gasteiger charge is 2.16. The van der Waals surface area contributed by atoms with Crippen LogP contribution in [0.5, 0.6) is 0 Å². The van der Waals surface area contributed by atoms with E-state index in [1.54, 1.807) is 0 Å². The number of hydrogen-bond donors (Lipinski definition) is 1. The first-order valence-electron chi connectivity index (χ1n) is 8.08. The van der Waals surface area contributed by atoms with E-state index in [-0.39, 0.29) is 18.3 Å². The van der Waals surface area contributed by atoms with Crippen molar-refractivity contribution in [3.8, 4) is 0 Å². The maximum Gasteiger partial charge on any atom is 0.272 e. The fourth-order valence-corrected chi connectivity index (χ4v) is 2.53. The monoisotopic (exact) mass is 306 g/mol. The number of hydrogen-bond acceptors (Lipinski definition) is 1. The fraction of sp³-hybridized carbons (Fsp3) is 0.938. The summed E-state index contributed by atoms with van der Waals surface area (Å²) in [6, 6.07) is 0. The Morgan fingerprint density at radius 2 is 1.25 bits per heavy atom. The zero-order valence-electron chi connectivity index (χ0n) is 13.8. The Hall–Kier alpha value is -0.280. The number of carbonyl (C=O) groups is 1. The summed E-state index contributed by atoms with van der Waals surface area (Å²) < 4.78 is 0.729. The van der Waals surface area contributed by atoms with Gasteiger partial charge in [0.2, 0.25) is 0 Å². The molecule has 122 valence electrons. The van der Waals surface area contributed by atoms with Gasteiger partial charge in [0.05, 0.1) is 20.6 Å². The van der Waals surface area contributed by atoms with Crippen LogP contribution in [0.25, 0.3) is 0 Å². The molecule has 0 bridgehead atoms. The zero-order valence-corrected chi connectivity index (χ0v) is 14.6. The highest BCUT2D eigenvalue weighted by Crippen LogP contribution is 2.11. The number of halogens is 1. The van der Waals surface area contributed by atoms with Crippen molar-refractivity contribution in [3.63, 3.8) is 0 Å². The minimum Gasteiger partial charge on any atom is -1.00 e. The van der Waals surface area contributed by atoms with Crippen molar-refractivity contribution in [2.24, 2.45) is 5.73 Å². The van der Waals surface area contributed by atoms with Crippen molar-refractivity contribution in [1.29, 1.82) is 0 Å². The highest BCUT2D eigenvalue weighted by atomic mass is 35.5. The van der Waals surface area contributed by atoms with Gasteiger partial charge in [0, 0.05) is 0 Å². The average molecular weight is 307 g/mol. The second-order valence-electron chi connectivity index (χ2n) is 6.47. The van der Waals surface area contributed by atoms with Gasteiger partial charge in [0.1, 0.15) is 0 Å². The molecule has 4 heteroatoms. The van der Waals surface area contributed by atoms with E-state index in [1.165, 1.54) is 64.2 Å². The lowest BCUT2D eigenvalue weighted by Gasteiger charge is -2.28. The van der Waals surface area contributed by atoms with Crippen LogP contribution in [-0.2, 0) is 4.79 Å². The molecule has 0 aliphatic carbocycles. The number of unbranched alkanes of at least 4 members (excludes halogenated alkanes) is 9. The highest BCUT2D eigenvalue weighted by molar-refractivity contribution is 5.74.